The van der Waals surface area contributed by atoms with E-state index in [0.29, 0.717) is 10.6 Å². The van der Waals surface area contributed by atoms with Gasteiger partial charge in [0.2, 0.25) is 5.52 Å². The molecule has 2 N–H and O–H groups in total. The summed E-state index contributed by atoms with van der Waals surface area (Å²) in [7, 11) is 0. The molecule has 0 atom stereocenters. The number of fused-ring (bicyclic) bond motifs is 1. The number of aromatic nitrogens is 1. The Morgan fingerprint density at radius 1 is 1.14 bits per heavy atom. The number of carbonyl (C=O) groups is 1. The second-order valence-corrected chi connectivity index (χ2v) is 5.75. The number of benzene rings is 2. The summed E-state index contributed by atoms with van der Waals surface area (Å²) >= 11 is 6.11. The van der Waals surface area contributed by atoms with E-state index in [1.807, 2.05) is 55.5 Å². The lowest BCUT2D eigenvalue weighted by Gasteiger charge is -2.09. The van der Waals surface area contributed by atoms with Crippen molar-refractivity contribution in [1.29, 1.82) is 0 Å². The van der Waals surface area contributed by atoms with Crippen LogP contribution in [0.4, 0.5) is 11.4 Å². The Labute approximate surface area is 133 Å². The Morgan fingerprint density at radius 3 is 2.73 bits per heavy atom. The number of ketones is 1. The van der Waals surface area contributed by atoms with Gasteiger partial charge in [-0.2, -0.15) is 0 Å². The van der Waals surface area contributed by atoms with Gasteiger partial charge in [0, 0.05) is 35.3 Å². The first-order valence-electron chi connectivity index (χ1n) is 7.03. The van der Waals surface area contributed by atoms with Crippen LogP contribution in [-0.4, -0.2) is 5.78 Å². The topological polar surface area (TPSA) is 43.2 Å². The van der Waals surface area contributed by atoms with Gasteiger partial charge in [0.15, 0.2) is 11.5 Å². The standard InChI is InChI=1S/C18H15ClN2O/c1-11-8-18(16-10-14(19)6-7-17(16)20-11)21-15-5-3-4-13(9-15)12(2)22/h3-10H,1-2H3,(H,20,21)/p+1. The second-order valence-electron chi connectivity index (χ2n) is 5.32. The van der Waals surface area contributed by atoms with Crippen LogP contribution in [0.2, 0.25) is 5.02 Å². The van der Waals surface area contributed by atoms with Gasteiger partial charge in [0.1, 0.15) is 0 Å². The molecule has 2 aromatic carbocycles. The molecule has 110 valence electrons. The predicted octanol–water partition coefficient (Wildman–Crippen LogP) is 4.56. The molecule has 22 heavy (non-hydrogen) atoms. The third-order valence-corrected chi connectivity index (χ3v) is 3.75. The van der Waals surface area contributed by atoms with Crippen molar-refractivity contribution in [3.05, 3.63) is 64.8 Å². The summed E-state index contributed by atoms with van der Waals surface area (Å²) < 4.78 is 0. The fraction of sp³-hybridized carbons (Fsp3) is 0.111. The number of rotatable bonds is 3. The van der Waals surface area contributed by atoms with E-state index in [2.05, 4.69) is 10.3 Å². The molecule has 1 aromatic heterocycles. The fourth-order valence-electron chi connectivity index (χ4n) is 2.47. The molecule has 0 bridgehead atoms. The molecule has 1 heterocycles. The average molecular weight is 312 g/mol. The van der Waals surface area contributed by atoms with Crippen LogP contribution in [0.1, 0.15) is 23.0 Å². The number of halogens is 1. The van der Waals surface area contributed by atoms with Crippen molar-refractivity contribution in [3.8, 4) is 0 Å². The molecule has 0 unspecified atom stereocenters. The molecule has 0 amide bonds. The molecule has 0 aliphatic carbocycles. The van der Waals surface area contributed by atoms with Crippen molar-refractivity contribution in [1.82, 2.24) is 0 Å². The Balaban J connectivity index is 2.08. The number of hydrogen-bond donors (Lipinski definition) is 1. The number of nitrogens with one attached hydrogen (secondary N) is 2. The van der Waals surface area contributed by atoms with Gasteiger partial charge in [-0.05, 0) is 31.2 Å². The molecule has 0 spiro atoms. The van der Waals surface area contributed by atoms with E-state index in [4.69, 9.17) is 11.6 Å². The molecule has 0 fully saturated rings. The van der Waals surface area contributed by atoms with E-state index in [-0.39, 0.29) is 5.78 Å². The zero-order valence-electron chi connectivity index (χ0n) is 12.4. The molecule has 0 saturated heterocycles. The molecule has 4 heteroatoms. The SMILES string of the molecule is CC(=O)c1cccc(Nc2cc(C)[nH+]c3ccc(Cl)cc23)c1. The summed E-state index contributed by atoms with van der Waals surface area (Å²) in [4.78, 5) is 14.8. The van der Waals surface area contributed by atoms with Crippen molar-refractivity contribution in [2.24, 2.45) is 0 Å². The number of pyridine rings is 1. The Kier molecular flexibility index (Phi) is 3.82. The van der Waals surface area contributed by atoms with E-state index in [1.165, 1.54) is 0 Å². The van der Waals surface area contributed by atoms with Crippen molar-refractivity contribution in [2.45, 2.75) is 13.8 Å². The van der Waals surface area contributed by atoms with Crippen LogP contribution in [-0.2, 0) is 0 Å². The second kappa shape index (κ2) is 5.78. The van der Waals surface area contributed by atoms with Gasteiger partial charge >= 0.3 is 0 Å². The third-order valence-electron chi connectivity index (χ3n) is 3.51. The summed E-state index contributed by atoms with van der Waals surface area (Å²) in [5.41, 5.74) is 4.57. The van der Waals surface area contributed by atoms with Crippen LogP contribution in [0, 0.1) is 6.92 Å². The quantitative estimate of drug-likeness (QED) is 0.720. The van der Waals surface area contributed by atoms with E-state index in [1.54, 1.807) is 6.92 Å². The molecular formula is C18H16ClN2O+. The molecule has 3 nitrogen and oxygen atoms in total. The number of anilines is 2. The highest BCUT2D eigenvalue weighted by atomic mass is 35.5. The minimum Gasteiger partial charge on any atom is -0.355 e. The van der Waals surface area contributed by atoms with Crippen LogP contribution in [0.3, 0.4) is 0 Å². The maximum atomic E-state index is 11.5. The average Bonchev–Trinajstić information content (AvgIpc) is 2.48. The van der Waals surface area contributed by atoms with Gasteiger partial charge in [0.05, 0.1) is 11.1 Å². The van der Waals surface area contributed by atoms with Gasteiger partial charge in [-0.25, -0.2) is 4.98 Å². The van der Waals surface area contributed by atoms with E-state index < -0.39 is 0 Å². The number of aromatic amines is 1. The highest BCUT2D eigenvalue weighted by molar-refractivity contribution is 6.31. The minimum absolute atomic E-state index is 0.0501. The van der Waals surface area contributed by atoms with Gasteiger partial charge in [-0.15, -0.1) is 0 Å². The van der Waals surface area contributed by atoms with Crippen LogP contribution in [0.25, 0.3) is 10.9 Å². The highest BCUT2D eigenvalue weighted by Gasteiger charge is 2.10. The largest absolute Gasteiger partial charge is 0.355 e. The normalized spacial score (nSPS) is 10.7. The monoisotopic (exact) mass is 311 g/mol. The first kappa shape index (κ1) is 14.5. The minimum atomic E-state index is 0.0501. The molecule has 3 rings (SSSR count). The van der Waals surface area contributed by atoms with Crippen molar-refractivity contribution < 1.29 is 9.78 Å². The Morgan fingerprint density at radius 2 is 1.95 bits per heavy atom. The maximum absolute atomic E-state index is 11.5. The number of hydrogen-bond acceptors (Lipinski definition) is 2. The van der Waals surface area contributed by atoms with Crippen LogP contribution >= 0.6 is 11.6 Å². The number of H-pyrrole nitrogens is 1. The summed E-state index contributed by atoms with van der Waals surface area (Å²) in [6, 6.07) is 15.2. The van der Waals surface area contributed by atoms with Crippen molar-refractivity contribution in [2.75, 3.05) is 5.32 Å². The highest BCUT2D eigenvalue weighted by Crippen LogP contribution is 2.27. The third kappa shape index (κ3) is 2.95. The van der Waals surface area contributed by atoms with E-state index in [0.717, 1.165) is 28.0 Å². The molecule has 0 aliphatic heterocycles. The Hall–Kier alpha value is -2.39. The molecule has 0 radical (unpaired) electrons. The summed E-state index contributed by atoms with van der Waals surface area (Å²) in [6.07, 6.45) is 0. The lowest BCUT2D eigenvalue weighted by molar-refractivity contribution is -0.354. The van der Waals surface area contributed by atoms with Crippen LogP contribution in [0.5, 0.6) is 0 Å². The van der Waals surface area contributed by atoms with Crippen molar-refractivity contribution in [3.63, 3.8) is 0 Å². The van der Waals surface area contributed by atoms with Gasteiger partial charge < -0.3 is 5.32 Å². The number of carbonyl (C=O) groups excluding carboxylic acids is 1. The lowest BCUT2D eigenvalue weighted by Crippen LogP contribution is -2.10. The summed E-state index contributed by atoms with van der Waals surface area (Å²) in [5, 5.41) is 5.07. The first-order valence-corrected chi connectivity index (χ1v) is 7.41. The maximum Gasteiger partial charge on any atom is 0.213 e. The summed E-state index contributed by atoms with van der Waals surface area (Å²) in [5.74, 6) is 0.0501. The first-order chi connectivity index (χ1) is 10.5. The number of Topliss-reactive ketones (excluding diaryl/α,β-unsaturated/α-hetero) is 1. The molecular weight excluding hydrogens is 296 g/mol. The molecule has 3 aromatic rings. The van der Waals surface area contributed by atoms with Crippen molar-refractivity contribution >= 4 is 39.7 Å². The molecule has 0 saturated carbocycles. The van der Waals surface area contributed by atoms with E-state index in [9.17, 15) is 4.79 Å². The van der Waals surface area contributed by atoms with Crippen LogP contribution < -0.4 is 10.3 Å². The summed E-state index contributed by atoms with van der Waals surface area (Å²) in [6.45, 7) is 3.57. The van der Waals surface area contributed by atoms with Gasteiger partial charge in [0.25, 0.3) is 0 Å². The van der Waals surface area contributed by atoms with Crippen LogP contribution in [0.15, 0.2) is 48.5 Å². The predicted molar refractivity (Wildman–Crippen MR) is 90.0 cm³/mol. The zero-order chi connectivity index (χ0) is 15.7. The lowest BCUT2D eigenvalue weighted by atomic mass is 10.1. The number of aryl methyl sites for hydroxylation is 1. The zero-order valence-corrected chi connectivity index (χ0v) is 13.2. The van der Waals surface area contributed by atoms with Gasteiger partial charge in [-0.3, -0.25) is 4.79 Å². The molecule has 0 aliphatic rings. The smallest absolute Gasteiger partial charge is 0.213 e. The fourth-order valence-corrected chi connectivity index (χ4v) is 2.64. The van der Waals surface area contributed by atoms with Gasteiger partial charge in [-0.1, -0.05) is 23.7 Å². The van der Waals surface area contributed by atoms with E-state index >= 15 is 0 Å². The Bertz CT molecular complexity index is 874.